The van der Waals surface area contributed by atoms with Gasteiger partial charge in [-0.25, -0.2) is 4.39 Å². The van der Waals surface area contributed by atoms with Gasteiger partial charge in [0, 0.05) is 5.69 Å². The Kier molecular flexibility index (Phi) is 4.75. The standard InChI is InChI=1S/C20H18FNO2/c1-2-19(20(23)22-17-10-8-16(21)9-11-17)24-18-12-7-14-5-3-4-6-15(14)13-18/h3-13,19H,2H2,1H3,(H,22,23). The highest BCUT2D eigenvalue weighted by molar-refractivity contribution is 5.94. The third kappa shape index (κ3) is 3.71. The number of halogens is 1. The van der Waals surface area contributed by atoms with Gasteiger partial charge in [-0.15, -0.1) is 0 Å². The number of anilines is 1. The maximum absolute atomic E-state index is 12.9. The molecule has 0 heterocycles. The van der Waals surface area contributed by atoms with Crippen molar-refractivity contribution in [3.8, 4) is 5.75 Å². The third-order valence-electron chi connectivity index (χ3n) is 3.77. The minimum atomic E-state index is -0.615. The predicted molar refractivity (Wildman–Crippen MR) is 93.7 cm³/mol. The smallest absolute Gasteiger partial charge is 0.265 e. The van der Waals surface area contributed by atoms with Gasteiger partial charge < -0.3 is 10.1 Å². The molecular weight excluding hydrogens is 305 g/mol. The number of ether oxygens (including phenoxy) is 1. The number of carbonyl (C=O) groups is 1. The molecule has 1 unspecified atom stereocenters. The van der Waals surface area contributed by atoms with Crippen molar-refractivity contribution in [2.75, 3.05) is 5.32 Å². The van der Waals surface area contributed by atoms with Crippen molar-refractivity contribution >= 4 is 22.4 Å². The van der Waals surface area contributed by atoms with Crippen LogP contribution in [0.4, 0.5) is 10.1 Å². The molecule has 0 saturated heterocycles. The summed E-state index contributed by atoms with van der Waals surface area (Å²) < 4.78 is 18.8. The predicted octanol–water partition coefficient (Wildman–Crippen LogP) is 4.78. The Morgan fingerprint density at radius 2 is 1.75 bits per heavy atom. The first-order valence-electron chi connectivity index (χ1n) is 7.87. The van der Waals surface area contributed by atoms with Gasteiger partial charge in [-0.3, -0.25) is 4.79 Å². The zero-order chi connectivity index (χ0) is 16.9. The topological polar surface area (TPSA) is 38.3 Å². The minimum absolute atomic E-state index is 0.253. The van der Waals surface area contributed by atoms with E-state index in [9.17, 15) is 9.18 Å². The number of carbonyl (C=O) groups excluding carboxylic acids is 1. The summed E-state index contributed by atoms with van der Waals surface area (Å²) in [5.41, 5.74) is 0.543. The van der Waals surface area contributed by atoms with Gasteiger partial charge in [0.05, 0.1) is 0 Å². The zero-order valence-electron chi connectivity index (χ0n) is 13.3. The fourth-order valence-corrected chi connectivity index (χ4v) is 2.48. The average molecular weight is 323 g/mol. The van der Waals surface area contributed by atoms with E-state index in [1.54, 1.807) is 0 Å². The quantitative estimate of drug-likeness (QED) is 0.734. The number of fused-ring (bicyclic) bond motifs is 1. The molecule has 0 radical (unpaired) electrons. The van der Waals surface area contributed by atoms with Gasteiger partial charge >= 0.3 is 0 Å². The molecule has 3 aromatic rings. The third-order valence-corrected chi connectivity index (χ3v) is 3.77. The fourth-order valence-electron chi connectivity index (χ4n) is 2.48. The Balaban J connectivity index is 1.72. The van der Waals surface area contributed by atoms with Gasteiger partial charge in [0.2, 0.25) is 0 Å². The summed E-state index contributed by atoms with van der Waals surface area (Å²) in [6.45, 7) is 1.88. The maximum atomic E-state index is 12.9. The molecule has 1 N–H and O–H groups in total. The van der Waals surface area contributed by atoms with Crippen LogP contribution in [0.5, 0.6) is 5.75 Å². The Morgan fingerprint density at radius 3 is 2.46 bits per heavy atom. The van der Waals surface area contributed by atoms with E-state index in [1.165, 1.54) is 24.3 Å². The number of nitrogens with one attached hydrogen (secondary N) is 1. The first-order chi connectivity index (χ1) is 11.7. The lowest BCUT2D eigenvalue weighted by Crippen LogP contribution is -2.32. The van der Waals surface area contributed by atoms with Crippen molar-refractivity contribution < 1.29 is 13.9 Å². The van der Waals surface area contributed by atoms with E-state index < -0.39 is 6.10 Å². The summed E-state index contributed by atoms with van der Waals surface area (Å²) in [4.78, 5) is 12.4. The second-order valence-corrected chi connectivity index (χ2v) is 5.52. The molecule has 0 spiro atoms. The highest BCUT2D eigenvalue weighted by Gasteiger charge is 2.18. The molecule has 1 amide bonds. The number of hydrogen-bond donors (Lipinski definition) is 1. The molecule has 24 heavy (non-hydrogen) atoms. The molecule has 0 aliphatic heterocycles. The minimum Gasteiger partial charge on any atom is -0.481 e. The van der Waals surface area contributed by atoms with Gasteiger partial charge in [0.1, 0.15) is 11.6 Å². The van der Waals surface area contributed by atoms with Gasteiger partial charge in [-0.2, -0.15) is 0 Å². The van der Waals surface area contributed by atoms with E-state index >= 15 is 0 Å². The van der Waals surface area contributed by atoms with Crippen LogP contribution >= 0.6 is 0 Å². The number of benzene rings is 3. The Hall–Kier alpha value is -2.88. The van der Waals surface area contributed by atoms with Crippen molar-refractivity contribution in [1.29, 1.82) is 0 Å². The van der Waals surface area contributed by atoms with E-state index in [0.29, 0.717) is 17.9 Å². The van der Waals surface area contributed by atoms with Crippen LogP contribution < -0.4 is 10.1 Å². The van der Waals surface area contributed by atoms with Crippen molar-refractivity contribution in [2.24, 2.45) is 0 Å². The van der Waals surface area contributed by atoms with Crippen molar-refractivity contribution in [3.63, 3.8) is 0 Å². The van der Waals surface area contributed by atoms with E-state index in [-0.39, 0.29) is 11.7 Å². The molecule has 0 aliphatic rings. The zero-order valence-corrected chi connectivity index (χ0v) is 13.3. The summed E-state index contributed by atoms with van der Waals surface area (Å²) in [6, 6.07) is 19.4. The van der Waals surface area contributed by atoms with Crippen LogP contribution in [-0.4, -0.2) is 12.0 Å². The Labute approximate surface area is 140 Å². The number of rotatable bonds is 5. The van der Waals surface area contributed by atoms with Crippen LogP contribution in [0.1, 0.15) is 13.3 Å². The van der Waals surface area contributed by atoms with Gasteiger partial charge in [0.25, 0.3) is 5.91 Å². The molecule has 3 nitrogen and oxygen atoms in total. The second-order valence-electron chi connectivity index (χ2n) is 5.52. The molecule has 4 heteroatoms. The van der Waals surface area contributed by atoms with E-state index in [4.69, 9.17) is 4.74 Å². The van der Waals surface area contributed by atoms with Gasteiger partial charge in [-0.05, 0) is 53.6 Å². The van der Waals surface area contributed by atoms with Gasteiger partial charge in [-0.1, -0.05) is 37.3 Å². The molecule has 0 fully saturated rings. The normalized spacial score (nSPS) is 11.9. The molecule has 0 aromatic heterocycles. The van der Waals surface area contributed by atoms with E-state index in [1.807, 2.05) is 49.4 Å². The SMILES string of the molecule is CCC(Oc1ccc2ccccc2c1)C(=O)Nc1ccc(F)cc1. The largest absolute Gasteiger partial charge is 0.481 e. The lowest BCUT2D eigenvalue weighted by molar-refractivity contribution is -0.122. The van der Waals surface area contributed by atoms with E-state index in [2.05, 4.69) is 5.32 Å². The average Bonchev–Trinajstić information content (AvgIpc) is 2.61. The van der Waals surface area contributed by atoms with Crippen LogP contribution in [0.15, 0.2) is 66.7 Å². The van der Waals surface area contributed by atoms with Crippen LogP contribution in [0, 0.1) is 5.82 Å². The van der Waals surface area contributed by atoms with Crippen LogP contribution in [0.3, 0.4) is 0 Å². The first-order valence-corrected chi connectivity index (χ1v) is 7.87. The maximum Gasteiger partial charge on any atom is 0.265 e. The summed E-state index contributed by atoms with van der Waals surface area (Å²) in [6.07, 6.45) is -0.0870. The second kappa shape index (κ2) is 7.13. The fraction of sp³-hybridized carbons (Fsp3) is 0.150. The molecule has 3 rings (SSSR count). The molecular formula is C20H18FNO2. The van der Waals surface area contributed by atoms with E-state index in [0.717, 1.165) is 10.8 Å². The van der Waals surface area contributed by atoms with Crippen molar-refractivity contribution in [3.05, 3.63) is 72.5 Å². The van der Waals surface area contributed by atoms with Crippen LogP contribution in [0.2, 0.25) is 0 Å². The van der Waals surface area contributed by atoms with Crippen LogP contribution in [0.25, 0.3) is 10.8 Å². The summed E-state index contributed by atoms with van der Waals surface area (Å²) in [7, 11) is 0. The molecule has 0 bridgehead atoms. The van der Waals surface area contributed by atoms with Gasteiger partial charge in [0.15, 0.2) is 6.10 Å². The lowest BCUT2D eigenvalue weighted by atomic mass is 10.1. The number of amides is 1. The summed E-state index contributed by atoms with van der Waals surface area (Å²) >= 11 is 0. The molecule has 1 atom stereocenters. The van der Waals surface area contributed by atoms with Crippen molar-refractivity contribution in [1.82, 2.24) is 0 Å². The van der Waals surface area contributed by atoms with Crippen LogP contribution in [-0.2, 0) is 4.79 Å². The Morgan fingerprint density at radius 1 is 1.04 bits per heavy atom. The monoisotopic (exact) mass is 323 g/mol. The number of hydrogen-bond acceptors (Lipinski definition) is 2. The van der Waals surface area contributed by atoms with Crippen molar-refractivity contribution in [2.45, 2.75) is 19.4 Å². The first kappa shape index (κ1) is 16.0. The summed E-state index contributed by atoms with van der Waals surface area (Å²) in [5.74, 6) is 0.0551. The Bertz CT molecular complexity index is 846. The lowest BCUT2D eigenvalue weighted by Gasteiger charge is -2.17. The molecule has 122 valence electrons. The summed E-state index contributed by atoms with van der Waals surface area (Å²) in [5, 5.41) is 4.93. The highest BCUT2D eigenvalue weighted by atomic mass is 19.1. The molecule has 3 aromatic carbocycles. The molecule has 0 aliphatic carbocycles. The highest BCUT2D eigenvalue weighted by Crippen LogP contribution is 2.22. The molecule has 0 saturated carbocycles.